The van der Waals surface area contributed by atoms with Gasteiger partial charge in [-0.3, -0.25) is 4.79 Å². The van der Waals surface area contributed by atoms with Crippen molar-refractivity contribution in [2.45, 2.75) is 6.92 Å². The van der Waals surface area contributed by atoms with Crippen molar-refractivity contribution in [1.82, 2.24) is 0 Å². The van der Waals surface area contributed by atoms with Crippen molar-refractivity contribution in [3.63, 3.8) is 0 Å². The number of aliphatic imine (C=N–C) groups is 1. The first kappa shape index (κ1) is 20.7. The van der Waals surface area contributed by atoms with Gasteiger partial charge in [-0.1, -0.05) is 30.3 Å². The number of carbonyl (C=O) groups excluding carboxylic acids is 3. The predicted molar refractivity (Wildman–Crippen MR) is 119 cm³/mol. The Balaban J connectivity index is 1.51. The fourth-order valence-electron chi connectivity index (χ4n) is 3.00. The summed E-state index contributed by atoms with van der Waals surface area (Å²) in [5.74, 6) is -0.722. The molecule has 1 aliphatic heterocycles. The Bertz CT molecular complexity index is 1240. The van der Waals surface area contributed by atoms with E-state index in [1.807, 2.05) is 6.07 Å². The molecule has 0 radical (unpaired) electrons. The van der Waals surface area contributed by atoms with Crippen molar-refractivity contribution in [3.05, 3.63) is 101 Å². The standard InChI is InChI=1S/C25H18N2O5/c1-16(28)26-20-12-10-18(11-13-20)23-27-22(25(30)32-23)15-17-6-5-9-21(14-17)31-24(29)19-7-3-2-4-8-19/h2-15H,1H3,(H,26,28)/b22-15-. The number of hydrogen-bond acceptors (Lipinski definition) is 6. The first-order chi connectivity index (χ1) is 15.5. The third-order valence-electron chi connectivity index (χ3n) is 4.45. The number of nitrogens with zero attached hydrogens (tertiary/aromatic N) is 1. The number of benzene rings is 3. The first-order valence-corrected chi connectivity index (χ1v) is 9.76. The summed E-state index contributed by atoms with van der Waals surface area (Å²) in [6.07, 6.45) is 1.56. The highest BCUT2D eigenvalue weighted by Crippen LogP contribution is 2.22. The van der Waals surface area contributed by atoms with Gasteiger partial charge in [0.05, 0.1) is 5.56 Å². The smallest absolute Gasteiger partial charge is 0.363 e. The Morgan fingerprint density at radius 3 is 2.44 bits per heavy atom. The monoisotopic (exact) mass is 426 g/mol. The average molecular weight is 426 g/mol. The van der Waals surface area contributed by atoms with E-state index in [9.17, 15) is 14.4 Å². The van der Waals surface area contributed by atoms with Crippen LogP contribution < -0.4 is 10.1 Å². The van der Waals surface area contributed by atoms with Crippen LogP contribution in [0.2, 0.25) is 0 Å². The van der Waals surface area contributed by atoms with Crippen LogP contribution in [0.3, 0.4) is 0 Å². The molecule has 0 bridgehead atoms. The molecule has 7 nitrogen and oxygen atoms in total. The largest absolute Gasteiger partial charge is 0.423 e. The van der Waals surface area contributed by atoms with Gasteiger partial charge >= 0.3 is 11.9 Å². The number of nitrogens with one attached hydrogen (secondary N) is 1. The number of rotatable bonds is 5. The molecule has 3 aromatic rings. The van der Waals surface area contributed by atoms with Gasteiger partial charge in [0.1, 0.15) is 5.75 Å². The molecule has 1 aliphatic rings. The second-order valence-electron chi connectivity index (χ2n) is 6.92. The van der Waals surface area contributed by atoms with E-state index in [1.54, 1.807) is 78.9 Å². The maximum Gasteiger partial charge on any atom is 0.363 e. The van der Waals surface area contributed by atoms with Crippen molar-refractivity contribution in [1.29, 1.82) is 0 Å². The van der Waals surface area contributed by atoms with Gasteiger partial charge in [-0.2, -0.15) is 0 Å². The summed E-state index contributed by atoms with van der Waals surface area (Å²) in [7, 11) is 0. The lowest BCUT2D eigenvalue weighted by Crippen LogP contribution is -2.08. The van der Waals surface area contributed by atoms with Gasteiger partial charge in [0, 0.05) is 18.2 Å². The van der Waals surface area contributed by atoms with E-state index in [-0.39, 0.29) is 17.5 Å². The number of amides is 1. The molecule has 0 spiro atoms. The SMILES string of the molecule is CC(=O)Nc1ccc(C2=N/C(=C\c3cccc(OC(=O)c4ccccc4)c3)C(=O)O2)cc1. The van der Waals surface area contributed by atoms with Crippen molar-refractivity contribution in [2.24, 2.45) is 4.99 Å². The molecule has 0 aromatic heterocycles. The molecule has 158 valence electrons. The molecule has 1 amide bonds. The van der Waals surface area contributed by atoms with E-state index in [0.717, 1.165) is 0 Å². The van der Waals surface area contributed by atoms with Crippen LogP contribution in [-0.2, 0) is 14.3 Å². The topological polar surface area (TPSA) is 94.1 Å². The molecule has 0 saturated carbocycles. The molecule has 4 rings (SSSR count). The summed E-state index contributed by atoms with van der Waals surface area (Å²) in [5.41, 5.74) is 2.42. The Morgan fingerprint density at radius 1 is 0.969 bits per heavy atom. The van der Waals surface area contributed by atoms with Gasteiger partial charge < -0.3 is 14.8 Å². The van der Waals surface area contributed by atoms with Crippen LogP contribution >= 0.6 is 0 Å². The molecule has 0 atom stereocenters. The molecule has 32 heavy (non-hydrogen) atoms. The average Bonchev–Trinajstić information content (AvgIpc) is 3.15. The highest BCUT2D eigenvalue weighted by molar-refractivity contribution is 6.13. The fraction of sp³-hybridized carbons (Fsp3) is 0.0400. The molecular formula is C25H18N2O5. The maximum atomic E-state index is 12.3. The minimum atomic E-state index is -0.586. The van der Waals surface area contributed by atoms with Crippen LogP contribution in [0.1, 0.15) is 28.4 Å². The van der Waals surface area contributed by atoms with E-state index in [4.69, 9.17) is 9.47 Å². The van der Waals surface area contributed by atoms with Crippen LogP contribution in [-0.4, -0.2) is 23.7 Å². The van der Waals surface area contributed by atoms with Crippen LogP contribution in [0.15, 0.2) is 89.6 Å². The molecule has 0 saturated heterocycles. The second-order valence-corrected chi connectivity index (χ2v) is 6.92. The van der Waals surface area contributed by atoms with Gasteiger partial charge in [0.15, 0.2) is 5.70 Å². The Kier molecular flexibility index (Phi) is 5.89. The summed E-state index contributed by atoms with van der Waals surface area (Å²) >= 11 is 0. The molecule has 3 aromatic carbocycles. The summed E-state index contributed by atoms with van der Waals surface area (Å²) in [4.78, 5) is 39.9. The van der Waals surface area contributed by atoms with Gasteiger partial charge in [-0.05, 0) is 60.2 Å². The summed E-state index contributed by atoms with van der Waals surface area (Å²) in [6, 6.07) is 22.2. The number of ether oxygens (including phenoxy) is 2. The number of cyclic esters (lactones) is 1. The van der Waals surface area contributed by atoms with Crippen LogP contribution in [0, 0.1) is 0 Å². The lowest BCUT2D eigenvalue weighted by molar-refractivity contribution is -0.129. The third kappa shape index (κ3) is 4.96. The van der Waals surface area contributed by atoms with E-state index in [1.165, 1.54) is 6.92 Å². The quantitative estimate of drug-likeness (QED) is 0.375. The van der Waals surface area contributed by atoms with Crippen LogP contribution in [0.25, 0.3) is 6.08 Å². The lowest BCUT2D eigenvalue weighted by atomic mass is 10.2. The van der Waals surface area contributed by atoms with Crippen molar-refractivity contribution < 1.29 is 23.9 Å². The van der Waals surface area contributed by atoms with E-state index < -0.39 is 11.9 Å². The second kappa shape index (κ2) is 9.09. The fourth-order valence-corrected chi connectivity index (χ4v) is 3.00. The van der Waals surface area contributed by atoms with Gasteiger partial charge in [0.2, 0.25) is 11.8 Å². The van der Waals surface area contributed by atoms with E-state index >= 15 is 0 Å². The van der Waals surface area contributed by atoms with E-state index in [2.05, 4.69) is 10.3 Å². The summed E-state index contributed by atoms with van der Waals surface area (Å²) < 4.78 is 10.7. The number of esters is 2. The Morgan fingerprint density at radius 2 is 1.72 bits per heavy atom. The normalized spacial score (nSPS) is 14.0. The molecular weight excluding hydrogens is 408 g/mol. The zero-order valence-corrected chi connectivity index (χ0v) is 17.1. The number of carbonyl (C=O) groups is 3. The number of anilines is 1. The zero-order valence-electron chi connectivity index (χ0n) is 17.1. The third-order valence-corrected chi connectivity index (χ3v) is 4.45. The molecule has 0 aliphatic carbocycles. The molecule has 0 unspecified atom stereocenters. The maximum absolute atomic E-state index is 12.3. The highest BCUT2D eigenvalue weighted by atomic mass is 16.6. The van der Waals surface area contributed by atoms with Crippen molar-refractivity contribution >= 4 is 35.5 Å². The molecule has 0 fully saturated rings. The van der Waals surface area contributed by atoms with E-state index in [0.29, 0.717) is 28.1 Å². The van der Waals surface area contributed by atoms with Crippen LogP contribution in [0.5, 0.6) is 5.75 Å². The number of hydrogen-bond donors (Lipinski definition) is 1. The predicted octanol–water partition coefficient (Wildman–Crippen LogP) is 4.21. The van der Waals surface area contributed by atoms with Crippen LogP contribution in [0.4, 0.5) is 5.69 Å². The first-order valence-electron chi connectivity index (χ1n) is 9.76. The molecule has 1 N–H and O–H groups in total. The zero-order chi connectivity index (χ0) is 22.5. The van der Waals surface area contributed by atoms with Gasteiger partial charge in [-0.25, -0.2) is 14.6 Å². The Hall–Kier alpha value is -4.52. The lowest BCUT2D eigenvalue weighted by Gasteiger charge is -2.05. The Labute approximate surface area is 184 Å². The molecule has 7 heteroatoms. The minimum Gasteiger partial charge on any atom is -0.423 e. The minimum absolute atomic E-state index is 0.123. The highest BCUT2D eigenvalue weighted by Gasteiger charge is 2.24. The van der Waals surface area contributed by atoms with Crippen molar-refractivity contribution in [3.8, 4) is 5.75 Å². The molecule has 1 heterocycles. The summed E-state index contributed by atoms with van der Waals surface area (Å²) in [6.45, 7) is 1.42. The summed E-state index contributed by atoms with van der Waals surface area (Å²) in [5, 5.41) is 2.67. The van der Waals surface area contributed by atoms with Gasteiger partial charge in [-0.15, -0.1) is 0 Å². The van der Waals surface area contributed by atoms with Gasteiger partial charge in [0.25, 0.3) is 0 Å². The van der Waals surface area contributed by atoms with Crippen molar-refractivity contribution in [2.75, 3.05) is 5.32 Å².